The lowest BCUT2D eigenvalue weighted by atomic mass is 10.1. The van der Waals surface area contributed by atoms with E-state index in [0.29, 0.717) is 19.4 Å². The fourth-order valence-corrected chi connectivity index (χ4v) is 1.03. The number of nitrogens with zero attached hydrogens (tertiary/aromatic N) is 3. The molecule has 0 fully saturated rings. The Hall–Kier alpha value is -1.95. The molecule has 0 aromatic rings. The summed E-state index contributed by atoms with van der Waals surface area (Å²) >= 11 is 0. The Morgan fingerprint density at radius 1 is 1.56 bits per heavy atom. The van der Waals surface area contributed by atoms with E-state index < -0.39 is 18.1 Å². The van der Waals surface area contributed by atoms with Gasteiger partial charge in [-0.1, -0.05) is 11.5 Å². The molecule has 0 rings (SSSR count). The van der Waals surface area contributed by atoms with Crippen molar-refractivity contribution in [1.82, 2.24) is 5.32 Å². The van der Waals surface area contributed by atoms with Crippen LogP contribution in [0.4, 0.5) is 4.79 Å². The number of azide groups is 1. The largest absolute Gasteiger partial charge is 0.480 e. The van der Waals surface area contributed by atoms with E-state index >= 15 is 0 Å². The second-order valence-electron chi connectivity index (χ2n) is 2.98. The molecule has 16 heavy (non-hydrogen) atoms. The van der Waals surface area contributed by atoms with Crippen LogP contribution in [0.25, 0.3) is 10.4 Å². The number of hydrogen-bond donors (Lipinski definition) is 2. The third-order valence-corrected chi connectivity index (χ3v) is 1.84. The molecule has 1 amide bonds. The van der Waals surface area contributed by atoms with Gasteiger partial charge in [0, 0.05) is 11.5 Å². The molecule has 8 nitrogen and oxygen atoms in total. The highest BCUT2D eigenvalue weighted by molar-refractivity contribution is 5.79. The lowest BCUT2D eigenvalue weighted by Crippen LogP contribution is -2.40. The lowest BCUT2D eigenvalue weighted by molar-refractivity contribution is -0.139. The molecule has 1 unspecified atom stereocenters. The van der Waals surface area contributed by atoms with Gasteiger partial charge in [-0.3, -0.25) is 0 Å². The SMILES string of the molecule is COC(=O)NC(CCCCN=[N+]=[N-])C(=O)O. The molecule has 90 valence electrons. The summed E-state index contributed by atoms with van der Waals surface area (Å²) in [6, 6.07) is -0.974. The molecule has 8 heteroatoms. The quantitative estimate of drug-likeness (QED) is 0.295. The van der Waals surface area contributed by atoms with Crippen molar-refractivity contribution >= 4 is 12.1 Å². The van der Waals surface area contributed by atoms with E-state index in [1.54, 1.807) is 0 Å². The van der Waals surface area contributed by atoms with Crippen LogP contribution in [0.15, 0.2) is 5.11 Å². The van der Waals surface area contributed by atoms with Crippen molar-refractivity contribution < 1.29 is 19.4 Å². The third kappa shape index (κ3) is 6.50. The molecule has 0 spiro atoms. The molecular formula is C8H14N4O4. The first-order chi connectivity index (χ1) is 7.61. The van der Waals surface area contributed by atoms with Gasteiger partial charge >= 0.3 is 12.1 Å². The molecule has 0 aliphatic rings. The molecule has 0 radical (unpaired) electrons. The van der Waals surface area contributed by atoms with Gasteiger partial charge in [-0.15, -0.1) is 0 Å². The maximum atomic E-state index is 10.8. The number of aliphatic carboxylic acids is 1. The Morgan fingerprint density at radius 2 is 2.25 bits per heavy atom. The molecule has 0 saturated carbocycles. The number of alkyl carbamates (subject to hydrolysis) is 1. The summed E-state index contributed by atoms with van der Waals surface area (Å²) in [5.74, 6) is -1.12. The van der Waals surface area contributed by atoms with E-state index in [1.165, 1.54) is 0 Å². The Labute approximate surface area is 92.2 Å². The number of unbranched alkanes of at least 4 members (excludes halogenated alkanes) is 1. The maximum Gasteiger partial charge on any atom is 0.407 e. The highest BCUT2D eigenvalue weighted by atomic mass is 16.5. The van der Waals surface area contributed by atoms with Crippen LogP contribution < -0.4 is 5.32 Å². The Bertz CT molecular complexity index is 288. The van der Waals surface area contributed by atoms with Crippen LogP contribution >= 0.6 is 0 Å². The Morgan fingerprint density at radius 3 is 2.75 bits per heavy atom. The van der Waals surface area contributed by atoms with Crippen molar-refractivity contribution in [3.63, 3.8) is 0 Å². The van der Waals surface area contributed by atoms with Gasteiger partial charge in [0.15, 0.2) is 0 Å². The molecule has 0 saturated heterocycles. The predicted molar refractivity (Wildman–Crippen MR) is 54.8 cm³/mol. The van der Waals surface area contributed by atoms with Gasteiger partial charge in [0.25, 0.3) is 0 Å². The van der Waals surface area contributed by atoms with Gasteiger partial charge in [0.1, 0.15) is 6.04 Å². The predicted octanol–water partition coefficient (Wildman–Crippen LogP) is 1.28. The lowest BCUT2D eigenvalue weighted by Gasteiger charge is -2.12. The fourth-order valence-electron chi connectivity index (χ4n) is 1.03. The zero-order chi connectivity index (χ0) is 12.4. The van der Waals surface area contributed by atoms with E-state index in [4.69, 9.17) is 10.6 Å². The third-order valence-electron chi connectivity index (χ3n) is 1.84. The monoisotopic (exact) mass is 230 g/mol. The first-order valence-electron chi connectivity index (χ1n) is 4.70. The number of ether oxygens (including phenoxy) is 1. The minimum absolute atomic E-state index is 0.269. The van der Waals surface area contributed by atoms with Crippen LogP contribution in [0.5, 0.6) is 0 Å². The highest BCUT2D eigenvalue weighted by Crippen LogP contribution is 2.02. The molecule has 0 aliphatic carbocycles. The number of methoxy groups -OCH3 is 1. The van der Waals surface area contributed by atoms with Crippen LogP contribution in [0, 0.1) is 0 Å². The molecule has 0 aromatic heterocycles. The summed E-state index contributed by atoms with van der Waals surface area (Å²) in [5, 5.41) is 14.3. The number of carbonyl (C=O) groups excluding carboxylic acids is 1. The molecule has 0 heterocycles. The molecule has 2 N–H and O–H groups in total. The second-order valence-corrected chi connectivity index (χ2v) is 2.98. The first kappa shape index (κ1) is 14.1. The van der Waals surface area contributed by atoms with Gasteiger partial charge < -0.3 is 15.2 Å². The Balaban J connectivity index is 3.90. The smallest absolute Gasteiger partial charge is 0.407 e. The van der Waals surface area contributed by atoms with Crippen LogP contribution in [-0.2, 0) is 9.53 Å². The topological polar surface area (TPSA) is 124 Å². The standard InChI is InChI=1S/C8H14N4O4/c1-16-8(15)11-6(7(13)14)4-2-3-5-10-12-9/h6H,2-5H2,1H3,(H,11,15)(H,13,14). The number of carbonyl (C=O) groups is 2. The normalized spacial score (nSPS) is 11.1. The number of carboxylic acids is 1. The van der Waals surface area contributed by atoms with Crippen molar-refractivity contribution in [3.8, 4) is 0 Å². The van der Waals surface area contributed by atoms with Crippen LogP contribution in [-0.4, -0.2) is 36.9 Å². The molecule has 0 aromatic carbocycles. The molecule has 0 bridgehead atoms. The van der Waals surface area contributed by atoms with Crippen molar-refractivity contribution in [2.45, 2.75) is 25.3 Å². The van der Waals surface area contributed by atoms with Gasteiger partial charge in [0.05, 0.1) is 7.11 Å². The summed E-state index contributed by atoms with van der Waals surface area (Å²) in [5.41, 5.74) is 8.00. The number of nitrogens with one attached hydrogen (secondary N) is 1. The zero-order valence-corrected chi connectivity index (χ0v) is 8.92. The maximum absolute atomic E-state index is 10.8. The minimum Gasteiger partial charge on any atom is -0.480 e. The Kier molecular flexibility index (Phi) is 7.35. The summed E-state index contributed by atoms with van der Waals surface area (Å²) in [4.78, 5) is 24.1. The van der Waals surface area contributed by atoms with Gasteiger partial charge in [0.2, 0.25) is 0 Å². The fraction of sp³-hybridized carbons (Fsp3) is 0.750. The highest BCUT2D eigenvalue weighted by Gasteiger charge is 2.19. The van der Waals surface area contributed by atoms with E-state index in [9.17, 15) is 9.59 Å². The van der Waals surface area contributed by atoms with Crippen LogP contribution in [0.2, 0.25) is 0 Å². The summed E-state index contributed by atoms with van der Waals surface area (Å²) in [6.45, 7) is 0.320. The zero-order valence-electron chi connectivity index (χ0n) is 8.92. The molecule has 1 atom stereocenters. The number of rotatable bonds is 7. The van der Waals surface area contributed by atoms with Crippen LogP contribution in [0.1, 0.15) is 19.3 Å². The van der Waals surface area contributed by atoms with Crippen molar-refractivity contribution in [2.75, 3.05) is 13.7 Å². The van der Waals surface area contributed by atoms with Crippen molar-refractivity contribution in [2.24, 2.45) is 5.11 Å². The number of amides is 1. The van der Waals surface area contributed by atoms with Crippen molar-refractivity contribution in [1.29, 1.82) is 0 Å². The molecular weight excluding hydrogens is 216 g/mol. The van der Waals surface area contributed by atoms with Crippen molar-refractivity contribution in [3.05, 3.63) is 10.4 Å². The average molecular weight is 230 g/mol. The van der Waals surface area contributed by atoms with Gasteiger partial charge in [-0.05, 0) is 18.4 Å². The minimum atomic E-state index is -1.12. The molecule has 0 aliphatic heterocycles. The van der Waals surface area contributed by atoms with E-state index in [-0.39, 0.29) is 6.42 Å². The van der Waals surface area contributed by atoms with E-state index in [0.717, 1.165) is 7.11 Å². The van der Waals surface area contributed by atoms with Crippen LogP contribution in [0.3, 0.4) is 0 Å². The second kappa shape index (κ2) is 8.37. The summed E-state index contributed by atoms with van der Waals surface area (Å²) in [6.07, 6.45) is 0.615. The average Bonchev–Trinajstić information content (AvgIpc) is 2.26. The number of hydrogen-bond acceptors (Lipinski definition) is 4. The van der Waals surface area contributed by atoms with Gasteiger partial charge in [-0.2, -0.15) is 0 Å². The summed E-state index contributed by atoms with van der Waals surface area (Å²) < 4.78 is 4.30. The number of carboxylic acid groups (broad SMARTS) is 1. The van der Waals surface area contributed by atoms with E-state index in [1.807, 2.05) is 0 Å². The van der Waals surface area contributed by atoms with E-state index in [2.05, 4.69) is 20.1 Å². The first-order valence-corrected chi connectivity index (χ1v) is 4.70. The summed E-state index contributed by atoms with van der Waals surface area (Å²) in [7, 11) is 1.16. The van der Waals surface area contributed by atoms with Gasteiger partial charge in [-0.25, -0.2) is 9.59 Å².